The Balaban J connectivity index is 2.42. The van der Waals surface area contributed by atoms with Crippen molar-refractivity contribution >= 4 is 11.6 Å². The molecule has 0 fully saturated rings. The van der Waals surface area contributed by atoms with Gasteiger partial charge in [-0.15, -0.1) is 0 Å². The molecule has 0 aromatic heterocycles. The first kappa shape index (κ1) is 7.71. The van der Waals surface area contributed by atoms with Crippen LogP contribution in [0.2, 0.25) is 0 Å². The third-order valence-electron chi connectivity index (χ3n) is 2.90. The number of carbonyl (C=O) groups excluding carboxylic acids is 2. The highest BCUT2D eigenvalue weighted by Crippen LogP contribution is 2.56. The normalized spacial score (nSPS) is 32.1. The summed E-state index contributed by atoms with van der Waals surface area (Å²) in [5.74, 6) is 0.287. The Morgan fingerprint density at radius 2 is 1.83 bits per heavy atom. The van der Waals surface area contributed by atoms with E-state index in [1.54, 1.807) is 0 Å². The van der Waals surface area contributed by atoms with Gasteiger partial charge < -0.3 is 0 Å². The smallest absolute Gasteiger partial charge is 0.163 e. The Hall–Kier alpha value is -0.920. The van der Waals surface area contributed by atoms with E-state index in [4.69, 9.17) is 0 Å². The SMILES string of the molecule is CC1CC(=O)C2=C(C1=O)C2(C)C. The maximum absolute atomic E-state index is 11.5. The first-order valence-electron chi connectivity index (χ1n) is 4.29. The molecule has 0 aromatic rings. The van der Waals surface area contributed by atoms with Crippen molar-refractivity contribution in [1.29, 1.82) is 0 Å². The van der Waals surface area contributed by atoms with Gasteiger partial charge in [0.15, 0.2) is 11.6 Å². The van der Waals surface area contributed by atoms with Gasteiger partial charge in [0.1, 0.15) is 0 Å². The topological polar surface area (TPSA) is 34.1 Å². The van der Waals surface area contributed by atoms with E-state index in [9.17, 15) is 9.59 Å². The summed E-state index contributed by atoms with van der Waals surface area (Å²) in [6, 6.07) is 0. The van der Waals surface area contributed by atoms with E-state index in [2.05, 4.69) is 0 Å². The molecule has 0 N–H and O–H groups in total. The highest BCUT2D eigenvalue weighted by molar-refractivity contribution is 6.21. The van der Waals surface area contributed by atoms with Crippen LogP contribution in [0.1, 0.15) is 27.2 Å². The molecule has 0 amide bonds. The first-order chi connectivity index (χ1) is 5.46. The van der Waals surface area contributed by atoms with Crippen LogP contribution >= 0.6 is 0 Å². The van der Waals surface area contributed by atoms with Gasteiger partial charge in [-0.25, -0.2) is 0 Å². The van der Waals surface area contributed by atoms with Crippen molar-refractivity contribution in [1.82, 2.24) is 0 Å². The predicted molar refractivity (Wildman–Crippen MR) is 44.6 cm³/mol. The highest BCUT2D eigenvalue weighted by Gasteiger charge is 2.55. The van der Waals surface area contributed by atoms with Crippen LogP contribution < -0.4 is 0 Å². The Bertz CT molecular complexity index is 321. The molecular formula is C10H12O2. The van der Waals surface area contributed by atoms with Crippen molar-refractivity contribution in [3.63, 3.8) is 0 Å². The number of Topliss-reactive ketones (excluding diaryl/α,β-unsaturated/α-hetero) is 2. The summed E-state index contributed by atoms with van der Waals surface area (Å²) < 4.78 is 0. The summed E-state index contributed by atoms with van der Waals surface area (Å²) >= 11 is 0. The zero-order chi connectivity index (χ0) is 9.09. The van der Waals surface area contributed by atoms with Crippen LogP contribution in [0.4, 0.5) is 0 Å². The summed E-state index contributed by atoms with van der Waals surface area (Å²) in [7, 11) is 0. The fraction of sp³-hybridized carbons (Fsp3) is 0.600. The largest absolute Gasteiger partial charge is 0.294 e. The second-order valence-electron chi connectivity index (χ2n) is 4.27. The summed E-state index contributed by atoms with van der Waals surface area (Å²) in [6.07, 6.45) is 0.418. The molecule has 12 heavy (non-hydrogen) atoms. The average molecular weight is 164 g/mol. The van der Waals surface area contributed by atoms with Crippen molar-refractivity contribution in [3.8, 4) is 0 Å². The second kappa shape index (κ2) is 1.87. The van der Waals surface area contributed by atoms with Crippen LogP contribution in [-0.4, -0.2) is 11.6 Å². The average Bonchev–Trinajstić information content (AvgIpc) is 2.50. The lowest BCUT2D eigenvalue weighted by atomic mass is 9.94. The monoisotopic (exact) mass is 164 g/mol. The lowest BCUT2D eigenvalue weighted by Gasteiger charge is -2.07. The van der Waals surface area contributed by atoms with Gasteiger partial charge in [0.25, 0.3) is 0 Å². The zero-order valence-corrected chi connectivity index (χ0v) is 7.60. The van der Waals surface area contributed by atoms with Gasteiger partial charge in [-0.3, -0.25) is 9.59 Å². The summed E-state index contributed by atoms with van der Waals surface area (Å²) in [6.45, 7) is 5.73. The van der Waals surface area contributed by atoms with Gasteiger partial charge in [-0.1, -0.05) is 20.8 Å². The number of allylic oxidation sites excluding steroid dienone is 2. The number of rotatable bonds is 0. The molecule has 1 unspecified atom stereocenters. The fourth-order valence-electron chi connectivity index (χ4n) is 2.11. The highest BCUT2D eigenvalue weighted by atomic mass is 16.1. The number of hydrogen-bond donors (Lipinski definition) is 0. The Morgan fingerprint density at radius 1 is 1.25 bits per heavy atom. The molecular weight excluding hydrogens is 152 g/mol. The molecule has 0 spiro atoms. The molecule has 0 saturated carbocycles. The molecule has 2 aliphatic carbocycles. The third kappa shape index (κ3) is 0.701. The van der Waals surface area contributed by atoms with Crippen LogP contribution in [-0.2, 0) is 9.59 Å². The van der Waals surface area contributed by atoms with Crippen LogP contribution in [0, 0.1) is 11.3 Å². The first-order valence-corrected chi connectivity index (χ1v) is 4.29. The molecule has 2 heteroatoms. The minimum Gasteiger partial charge on any atom is -0.294 e. The maximum atomic E-state index is 11.5. The molecule has 0 aliphatic heterocycles. The molecule has 0 heterocycles. The molecule has 0 saturated heterocycles. The Morgan fingerprint density at radius 3 is 2.42 bits per heavy atom. The van der Waals surface area contributed by atoms with E-state index < -0.39 is 0 Å². The van der Waals surface area contributed by atoms with Crippen LogP contribution in [0.3, 0.4) is 0 Å². The Kier molecular flexibility index (Phi) is 1.20. The van der Waals surface area contributed by atoms with Gasteiger partial charge in [0, 0.05) is 28.9 Å². The quantitative estimate of drug-likeness (QED) is 0.543. The van der Waals surface area contributed by atoms with E-state index in [0.29, 0.717) is 6.42 Å². The van der Waals surface area contributed by atoms with Crippen molar-refractivity contribution in [2.45, 2.75) is 27.2 Å². The second-order valence-corrected chi connectivity index (χ2v) is 4.27. The summed E-state index contributed by atoms with van der Waals surface area (Å²) in [5.41, 5.74) is 1.40. The molecule has 2 rings (SSSR count). The lowest BCUT2D eigenvalue weighted by Crippen LogP contribution is -2.17. The summed E-state index contributed by atoms with van der Waals surface area (Å²) in [5, 5.41) is 0. The minimum absolute atomic E-state index is 0.0852. The van der Waals surface area contributed by atoms with E-state index in [1.807, 2.05) is 20.8 Å². The standard InChI is InChI=1S/C10H12O2/c1-5-4-6(11)7-8(9(5)12)10(7,2)3/h5H,4H2,1-3H3. The van der Waals surface area contributed by atoms with Crippen molar-refractivity contribution in [2.75, 3.05) is 0 Å². The molecule has 0 aromatic carbocycles. The van der Waals surface area contributed by atoms with E-state index in [-0.39, 0.29) is 22.9 Å². The van der Waals surface area contributed by atoms with Gasteiger partial charge >= 0.3 is 0 Å². The van der Waals surface area contributed by atoms with Crippen LogP contribution in [0.15, 0.2) is 11.1 Å². The zero-order valence-electron chi connectivity index (χ0n) is 7.60. The van der Waals surface area contributed by atoms with Crippen molar-refractivity contribution in [2.24, 2.45) is 11.3 Å². The minimum atomic E-state index is -0.196. The van der Waals surface area contributed by atoms with Gasteiger partial charge in [0.05, 0.1) is 0 Å². The van der Waals surface area contributed by atoms with Crippen LogP contribution in [0.5, 0.6) is 0 Å². The van der Waals surface area contributed by atoms with Gasteiger partial charge in [-0.05, 0) is 0 Å². The molecule has 64 valence electrons. The van der Waals surface area contributed by atoms with Gasteiger partial charge in [-0.2, -0.15) is 0 Å². The molecule has 2 nitrogen and oxygen atoms in total. The van der Waals surface area contributed by atoms with E-state index in [1.165, 1.54) is 0 Å². The lowest BCUT2D eigenvalue weighted by molar-refractivity contribution is -0.124. The maximum Gasteiger partial charge on any atom is 0.163 e. The molecule has 2 aliphatic rings. The molecule has 0 radical (unpaired) electrons. The van der Waals surface area contributed by atoms with Crippen LogP contribution in [0.25, 0.3) is 0 Å². The molecule has 1 atom stereocenters. The predicted octanol–water partition coefficient (Wildman–Crippen LogP) is 1.50. The number of ketones is 2. The number of hydrogen-bond acceptors (Lipinski definition) is 2. The number of carbonyl (C=O) groups is 2. The van der Waals surface area contributed by atoms with E-state index >= 15 is 0 Å². The molecule has 0 bridgehead atoms. The van der Waals surface area contributed by atoms with Crippen molar-refractivity contribution in [3.05, 3.63) is 11.1 Å². The Labute approximate surface area is 71.6 Å². The third-order valence-corrected chi connectivity index (χ3v) is 2.90. The van der Waals surface area contributed by atoms with E-state index in [0.717, 1.165) is 11.1 Å². The van der Waals surface area contributed by atoms with Crippen molar-refractivity contribution < 1.29 is 9.59 Å². The fourth-order valence-corrected chi connectivity index (χ4v) is 2.11. The van der Waals surface area contributed by atoms with Gasteiger partial charge in [0.2, 0.25) is 0 Å². The summed E-state index contributed by atoms with van der Waals surface area (Å²) in [4.78, 5) is 22.9.